The van der Waals surface area contributed by atoms with Gasteiger partial charge in [0.1, 0.15) is 0 Å². The topological polar surface area (TPSA) is 59.8 Å². The van der Waals surface area contributed by atoms with Crippen LogP contribution in [0.4, 0.5) is 0 Å². The summed E-state index contributed by atoms with van der Waals surface area (Å²) < 4.78 is 2.08. The van der Waals surface area contributed by atoms with Gasteiger partial charge in [0, 0.05) is 18.2 Å². The van der Waals surface area contributed by atoms with E-state index in [4.69, 9.17) is 0 Å². The molecule has 1 heterocycles. The molecule has 1 amide bonds. The molecule has 3 rings (SSSR count). The second kappa shape index (κ2) is 8.05. The Bertz CT molecular complexity index is 788. The second-order valence-electron chi connectivity index (χ2n) is 8.36. The van der Waals surface area contributed by atoms with Crippen LogP contribution in [0.15, 0.2) is 29.4 Å². The first-order valence-electron chi connectivity index (χ1n) is 9.76. The molecule has 1 aromatic heterocycles. The summed E-state index contributed by atoms with van der Waals surface area (Å²) >= 11 is 1.45. The molecule has 2 aromatic rings. The molecule has 5 nitrogen and oxygen atoms in total. The summed E-state index contributed by atoms with van der Waals surface area (Å²) in [5.74, 6) is 1.97. The molecule has 1 aliphatic rings. The van der Waals surface area contributed by atoms with E-state index in [0.29, 0.717) is 11.7 Å². The fourth-order valence-electron chi connectivity index (χ4n) is 3.15. The van der Waals surface area contributed by atoms with Crippen molar-refractivity contribution in [3.63, 3.8) is 0 Å². The fourth-order valence-corrected chi connectivity index (χ4v) is 3.97. The van der Waals surface area contributed by atoms with Crippen molar-refractivity contribution in [1.82, 2.24) is 20.1 Å². The SMILES string of the molecule is CCn1c(SCC(=O)NC(C)C2CC2)nnc1-c1ccc(C(C)(C)C)cc1. The predicted molar refractivity (Wildman–Crippen MR) is 111 cm³/mol. The zero-order valence-corrected chi connectivity index (χ0v) is 17.8. The Hall–Kier alpha value is -1.82. The molecule has 1 atom stereocenters. The van der Waals surface area contributed by atoms with E-state index >= 15 is 0 Å². The van der Waals surface area contributed by atoms with E-state index in [1.165, 1.54) is 30.2 Å². The molecular weight excluding hydrogens is 356 g/mol. The molecule has 1 N–H and O–H groups in total. The number of nitrogens with zero attached hydrogens (tertiary/aromatic N) is 3. The Morgan fingerprint density at radius 2 is 1.93 bits per heavy atom. The highest BCUT2D eigenvalue weighted by Crippen LogP contribution is 2.32. The lowest BCUT2D eigenvalue weighted by Crippen LogP contribution is -2.35. The zero-order valence-electron chi connectivity index (χ0n) is 17.0. The first-order valence-corrected chi connectivity index (χ1v) is 10.7. The normalized spacial score (nSPS) is 15.6. The van der Waals surface area contributed by atoms with Crippen molar-refractivity contribution < 1.29 is 4.79 Å². The lowest BCUT2D eigenvalue weighted by molar-refractivity contribution is -0.119. The lowest BCUT2D eigenvalue weighted by Gasteiger charge is -2.19. The van der Waals surface area contributed by atoms with E-state index in [2.05, 4.69) is 79.0 Å². The molecule has 1 saturated carbocycles. The Balaban J connectivity index is 1.68. The Morgan fingerprint density at radius 3 is 2.48 bits per heavy atom. The number of hydrogen-bond acceptors (Lipinski definition) is 4. The van der Waals surface area contributed by atoms with E-state index in [-0.39, 0.29) is 17.4 Å². The van der Waals surface area contributed by atoms with Gasteiger partial charge in [0.05, 0.1) is 5.75 Å². The minimum atomic E-state index is 0.0705. The quantitative estimate of drug-likeness (QED) is 0.722. The maximum atomic E-state index is 12.2. The summed E-state index contributed by atoms with van der Waals surface area (Å²) in [6.45, 7) is 11.6. The molecule has 1 unspecified atom stereocenters. The third-order valence-corrected chi connectivity index (χ3v) is 6.06. The van der Waals surface area contributed by atoms with Gasteiger partial charge in [-0.3, -0.25) is 4.79 Å². The Labute approximate surface area is 166 Å². The summed E-state index contributed by atoms with van der Waals surface area (Å²) in [7, 11) is 0. The number of carbonyl (C=O) groups is 1. The highest BCUT2D eigenvalue weighted by atomic mass is 32.2. The molecule has 1 aromatic carbocycles. The summed E-state index contributed by atoms with van der Waals surface area (Å²) in [6, 6.07) is 8.80. The van der Waals surface area contributed by atoms with Gasteiger partial charge in [0.25, 0.3) is 0 Å². The van der Waals surface area contributed by atoms with Crippen LogP contribution in [0.2, 0.25) is 0 Å². The number of aromatic nitrogens is 3. The van der Waals surface area contributed by atoms with Gasteiger partial charge in [-0.15, -0.1) is 10.2 Å². The summed E-state index contributed by atoms with van der Waals surface area (Å²) in [6.07, 6.45) is 2.46. The third-order valence-electron chi connectivity index (χ3n) is 5.09. The maximum Gasteiger partial charge on any atom is 0.230 e. The largest absolute Gasteiger partial charge is 0.353 e. The standard InChI is InChI=1S/C21H30N4OS/c1-6-25-19(16-9-11-17(12-10-16)21(3,4)5)23-24-20(25)27-13-18(26)22-14(2)15-7-8-15/h9-12,14-15H,6-8,13H2,1-5H3,(H,22,26). The van der Waals surface area contributed by atoms with Crippen molar-refractivity contribution in [3.8, 4) is 11.4 Å². The summed E-state index contributed by atoms with van der Waals surface area (Å²) in [5.41, 5.74) is 2.48. The van der Waals surface area contributed by atoms with Crippen molar-refractivity contribution >= 4 is 17.7 Å². The summed E-state index contributed by atoms with van der Waals surface area (Å²) in [5, 5.41) is 12.6. The molecule has 146 valence electrons. The molecule has 27 heavy (non-hydrogen) atoms. The van der Waals surface area contributed by atoms with Gasteiger partial charge in [0.15, 0.2) is 11.0 Å². The van der Waals surface area contributed by atoms with Crippen LogP contribution >= 0.6 is 11.8 Å². The van der Waals surface area contributed by atoms with Crippen molar-refractivity contribution in [2.75, 3.05) is 5.75 Å². The van der Waals surface area contributed by atoms with E-state index in [1.54, 1.807) is 0 Å². The van der Waals surface area contributed by atoms with E-state index in [9.17, 15) is 4.79 Å². The van der Waals surface area contributed by atoms with E-state index in [1.807, 2.05) is 0 Å². The highest BCUT2D eigenvalue weighted by molar-refractivity contribution is 7.99. The molecule has 0 aliphatic heterocycles. The smallest absolute Gasteiger partial charge is 0.230 e. The van der Waals surface area contributed by atoms with Crippen molar-refractivity contribution in [3.05, 3.63) is 29.8 Å². The first-order chi connectivity index (χ1) is 12.8. The van der Waals surface area contributed by atoms with Crippen LogP contribution in [0.1, 0.15) is 53.0 Å². The summed E-state index contributed by atoms with van der Waals surface area (Å²) in [4.78, 5) is 12.2. The van der Waals surface area contributed by atoms with Gasteiger partial charge < -0.3 is 9.88 Å². The number of amides is 1. The molecule has 1 aliphatic carbocycles. The zero-order chi connectivity index (χ0) is 19.6. The number of benzene rings is 1. The van der Waals surface area contributed by atoms with Gasteiger partial charge in [-0.1, -0.05) is 56.8 Å². The number of nitrogens with one attached hydrogen (secondary N) is 1. The number of rotatable bonds is 7. The molecule has 0 radical (unpaired) electrons. The minimum Gasteiger partial charge on any atom is -0.353 e. The Morgan fingerprint density at radius 1 is 1.26 bits per heavy atom. The minimum absolute atomic E-state index is 0.0705. The van der Waals surface area contributed by atoms with E-state index < -0.39 is 0 Å². The van der Waals surface area contributed by atoms with Crippen LogP contribution in [0.25, 0.3) is 11.4 Å². The van der Waals surface area contributed by atoms with Gasteiger partial charge in [-0.05, 0) is 43.6 Å². The van der Waals surface area contributed by atoms with Crippen LogP contribution < -0.4 is 5.32 Å². The van der Waals surface area contributed by atoms with Crippen LogP contribution in [0.3, 0.4) is 0 Å². The Kier molecular flexibility index (Phi) is 5.94. The van der Waals surface area contributed by atoms with Crippen LogP contribution in [0, 0.1) is 5.92 Å². The van der Waals surface area contributed by atoms with Crippen molar-refractivity contribution in [2.24, 2.45) is 5.92 Å². The lowest BCUT2D eigenvalue weighted by atomic mass is 9.87. The average molecular weight is 387 g/mol. The monoisotopic (exact) mass is 386 g/mol. The molecule has 0 spiro atoms. The fraction of sp³-hybridized carbons (Fsp3) is 0.571. The molecule has 0 saturated heterocycles. The maximum absolute atomic E-state index is 12.2. The second-order valence-corrected chi connectivity index (χ2v) is 9.30. The molecular formula is C21H30N4OS. The number of thioether (sulfide) groups is 1. The number of carbonyl (C=O) groups excluding carboxylic acids is 1. The van der Waals surface area contributed by atoms with Gasteiger partial charge in [0.2, 0.25) is 5.91 Å². The van der Waals surface area contributed by atoms with Gasteiger partial charge >= 0.3 is 0 Å². The average Bonchev–Trinajstić information content (AvgIpc) is 3.39. The van der Waals surface area contributed by atoms with Crippen LogP contribution in [0.5, 0.6) is 0 Å². The third kappa shape index (κ3) is 4.92. The van der Waals surface area contributed by atoms with Crippen molar-refractivity contribution in [1.29, 1.82) is 0 Å². The molecule has 6 heteroatoms. The van der Waals surface area contributed by atoms with Crippen molar-refractivity contribution in [2.45, 2.75) is 70.6 Å². The van der Waals surface area contributed by atoms with Crippen LogP contribution in [-0.2, 0) is 16.8 Å². The van der Waals surface area contributed by atoms with E-state index in [0.717, 1.165) is 23.1 Å². The van der Waals surface area contributed by atoms with Gasteiger partial charge in [-0.2, -0.15) is 0 Å². The molecule has 1 fully saturated rings. The van der Waals surface area contributed by atoms with Crippen LogP contribution in [-0.4, -0.2) is 32.5 Å². The number of hydrogen-bond donors (Lipinski definition) is 1. The predicted octanol–water partition coefficient (Wildman–Crippen LogP) is 4.27. The van der Waals surface area contributed by atoms with Gasteiger partial charge in [-0.25, -0.2) is 0 Å². The highest BCUT2D eigenvalue weighted by Gasteiger charge is 2.29. The molecule has 0 bridgehead atoms. The first kappa shape index (κ1) is 19.9.